The summed E-state index contributed by atoms with van der Waals surface area (Å²) >= 11 is 0. The van der Waals surface area contributed by atoms with Crippen LogP contribution in [0.5, 0.6) is 0 Å². The van der Waals surface area contributed by atoms with Crippen molar-refractivity contribution < 1.29 is 4.42 Å². The number of nitrogens with zero attached hydrogens (tertiary/aromatic N) is 3. The van der Waals surface area contributed by atoms with Crippen LogP contribution in [0.15, 0.2) is 229 Å². The topological polar surface area (TPSA) is 51.8 Å². The van der Waals surface area contributed by atoms with Crippen LogP contribution in [0.2, 0.25) is 0 Å². The average molecular weight is 780 g/mol. The van der Waals surface area contributed by atoms with Crippen molar-refractivity contribution in [1.82, 2.24) is 15.0 Å². The molecule has 0 radical (unpaired) electrons. The Morgan fingerprint density at radius 2 is 0.689 bits per heavy atom. The van der Waals surface area contributed by atoms with Gasteiger partial charge < -0.3 is 4.42 Å². The summed E-state index contributed by atoms with van der Waals surface area (Å²) in [5.74, 6) is 1.80. The summed E-state index contributed by atoms with van der Waals surface area (Å²) in [6.45, 7) is 0. The van der Waals surface area contributed by atoms with Crippen LogP contribution in [0, 0.1) is 0 Å². The highest BCUT2D eigenvalue weighted by molar-refractivity contribution is 6.13. The zero-order chi connectivity index (χ0) is 40.5. The first kappa shape index (κ1) is 35.9. The molecule has 61 heavy (non-hydrogen) atoms. The predicted octanol–water partition coefficient (Wildman–Crippen LogP) is 15.1. The molecular formula is C57H37N3O. The van der Waals surface area contributed by atoms with Crippen molar-refractivity contribution in [3.05, 3.63) is 224 Å². The number of aromatic nitrogens is 3. The van der Waals surface area contributed by atoms with Crippen LogP contribution < -0.4 is 0 Å². The molecular weight excluding hydrogens is 743 g/mol. The molecule has 11 aromatic rings. The van der Waals surface area contributed by atoms with Gasteiger partial charge in [-0.15, -0.1) is 0 Å². The summed E-state index contributed by atoms with van der Waals surface area (Å²) in [5.41, 5.74) is 15.8. The number of fused-ring (bicyclic) bond motifs is 3. The number of hydrogen-bond donors (Lipinski definition) is 0. The zero-order valence-corrected chi connectivity index (χ0v) is 33.1. The number of hydrogen-bond acceptors (Lipinski definition) is 4. The molecule has 0 unspecified atom stereocenters. The Balaban J connectivity index is 1.08. The van der Waals surface area contributed by atoms with E-state index < -0.39 is 0 Å². The maximum atomic E-state index is 6.58. The van der Waals surface area contributed by atoms with Crippen molar-refractivity contribution in [3.63, 3.8) is 0 Å². The maximum Gasteiger partial charge on any atom is 0.164 e. The molecule has 9 aromatic carbocycles. The lowest BCUT2D eigenvalue weighted by atomic mass is 9.86. The van der Waals surface area contributed by atoms with Crippen LogP contribution in [0.3, 0.4) is 0 Å². The van der Waals surface area contributed by atoms with Crippen LogP contribution in [-0.2, 0) is 0 Å². The molecule has 0 bridgehead atoms. The second-order valence-corrected chi connectivity index (χ2v) is 15.1. The van der Waals surface area contributed by atoms with Crippen molar-refractivity contribution in [2.45, 2.75) is 0 Å². The molecule has 0 aliphatic heterocycles. The molecule has 2 aromatic heterocycles. The van der Waals surface area contributed by atoms with Crippen LogP contribution in [0.4, 0.5) is 0 Å². The van der Waals surface area contributed by atoms with E-state index in [1.165, 1.54) is 22.3 Å². The van der Waals surface area contributed by atoms with E-state index >= 15 is 0 Å². The minimum Gasteiger partial charge on any atom is -0.456 e. The van der Waals surface area contributed by atoms with Gasteiger partial charge in [-0.05, 0) is 79.9 Å². The first-order valence-electron chi connectivity index (χ1n) is 20.5. The fraction of sp³-hybridized carbons (Fsp3) is 0. The molecule has 2 heterocycles. The Labute approximate surface area is 354 Å². The SMILES string of the molecule is c1ccc(-c2ccc(-c3nc(-c4ccccc4)nc(-c4cccc5oc6ccc(-c7cccc(-c8cccc(-c9ccccc9)c8)c7-c7ccccc7)cc6c45)n3)cc2)cc1. The molecule has 0 aliphatic rings. The van der Waals surface area contributed by atoms with Gasteiger partial charge in [-0.1, -0.05) is 200 Å². The fourth-order valence-electron chi connectivity index (χ4n) is 8.41. The lowest BCUT2D eigenvalue weighted by Gasteiger charge is -2.17. The van der Waals surface area contributed by atoms with Gasteiger partial charge in [0.15, 0.2) is 17.5 Å². The highest BCUT2D eigenvalue weighted by Crippen LogP contribution is 2.44. The number of rotatable bonds is 8. The molecule has 0 spiro atoms. The quantitative estimate of drug-likeness (QED) is 0.154. The monoisotopic (exact) mass is 779 g/mol. The molecule has 0 atom stereocenters. The van der Waals surface area contributed by atoms with E-state index in [0.717, 1.165) is 72.0 Å². The number of benzene rings is 9. The Morgan fingerprint density at radius 3 is 1.34 bits per heavy atom. The van der Waals surface area contributed by atoms with E-state index in [1.54, 1.807) is 0 Å². The number of furan rings is 1. The van der Waals surface area contributed by atoms with E-state index in [9.17, 15) is 0 Å². The average Bonchev–Trinajstić information content (AvgIpc) is 3.73. The summed E-state index contributed by atoms with van der Waals surface area (Å²) in [4.78, 5) is 15.4. The molecule has 4 nitrogen and oxygen atoms in total. The first-order valence-corrected chi connectivity index (χ1v) is 20.5. The molecule has 11 rings (SSSR count). The highest BCUT2D eigenvalue weighted by Gasteiger charge is 2.20. The minimum atomic E-state index is 0.583. The molecule has 0 saturated heterocycles. The third-order valence-corrected chi connectivity index (χ3v) is 11.4. The summed E-state index contributed by atoms with van der Waals surface area (Å²) < 4.78 is 6.58. The fourth-order valence-corrected chi connectivity index (χ4v) is 8.41. The Kier molecular flexibility index (Phi) is 9.14. The van der Waals surface area contributed by atoms with Crippen LogP contribution in [-0.4, -0.2) is 15.0 Å². The Bertz CT molecular complexity index is 3320. The van der Waals surface area contributed by atoms with Gasteiger partial charge in [-0.2, -0.15) is 0 Å². The Morgan fingerprint density at radius 1 is 0.262 bits per heavy atom. The molecule has 0 amide bonds. The van der Waals surface area contributed by atoms with Gasteiger partial charge in [-0.3, -0.25) is 0 Å². The van der Waals surface area contributed by atoms with Crippen LogP contribution >= 0.6 is 0 Å². The summed E-state index contributed by atoms with van der Waals surface area (Å²) in [7, 11) is 0. The summed E-state index contributed by atoms with van der Waals surface area (Å²) in [6.07, 6.45) is 0. The van der Waals surface area contributed by atoms with Gasteiger partial charge in [0.25, 0.3) is 0 Å². The third-order valence-electron chi connectivity index (χ3n) is 11.4. The largest absolute Gasteiger partial charge is 0.456 e. The van der Waals surface area contributed by atoms with Crippen molar-refractivity contribution in [1.29, 1.82) is 0 Å². The Hall–Kier alpha value is -8.21. The van der Waals surface area contributed by atoms with Gasteiger partial charge >= 0.3 is 0 Å². The smallest absolute Gasteiger partial charge is 0.164 e. The van der Waals surface area contributed by atoms with Gasteiger partial charge in [0.1, 0.15) is 11.2 Å². The van der Waals surface area contributed by atoms with E-state index in [1.807, 2.05) is 48.5 Å². The molecule has 0 N–H and O–H groups in total. The minimum absolute atomic E-state index is 0.583. The normalized spacial score (nSPS) is 11.3. The molecule has 4 heteroatoms. The first-order chi connectivity index (χ1) is 30.2. The van der Waals surface area contributed by atoms with Crippen molar-refractivity contribution >= 4 is 21.9 Å². The van der Waals surface area contributed by atoms with E-state index in [4.69, 9.17) is 19.4 Å². The predicted molar refractivity (Wildman–Crippen MR) is 251 cm³/mol. The lowest BCUT2D eigenvalue weighted by Crippen LogP contribution is -2.00. The molecule has 0 saturated carbocycles. The van der Waals surface area contributed by atoms with E-state index in [-0.39, 0.29) is 0 Å². The third kappa shape index (κ3) is 6.86. The zero-order valence-electron chi connectivity index (χ0n) is 33.1. The molecule has 286 valence electrons. The summed E-state index contributed by atoms with van der Waals surface area (Å²) in [6, 6.07) is 78.3. The molecule has 0 aliphatic carbocycles. The lowest BCUT2D eigenvalue weighted by molar-refractivity contribution is 0.669. The van der Waals surface area contributed by atoms with Gasteiger partial charge in [-0.25, -0.2) is 15.0 Å². The van der Waals surface area contributed by atoms with Crippen molar-refractivity contribution in [3.8, 4) is 89.8 Å². The van der Waals surface area contributed by atoms with Gasteiger partial charge in [0.05, 0.1) is 0 Å². The van der Waals surface area contributed by atoms with E-state index in [0.29, 0.717) is 17.5 Å². The standard InChI is InChI=1S/C57H37N3O/c1-5-16-38(17-6-1)40-30-32-43(33-31-40)56-58-55(42-22-11-4-12-23-42)59-57(60-56)49-28-15-29-52-54(49)50-37-46(34-35-51(50)61-52)48-27-14-26-47(53(48)41-20-9-3-10-21-41)45-25-13-24-44(36-45)39-18-7-2-8-19-39/h1-37H. The maximum absolute atomic E-state index is 6.58. The van der Waals surface area contributed by atoms with Gasteiger partial charge in [0.2, 0.25) is 0 Å². The second-order valence-electron chi connectivity index (χ2n) is 15.1. The second kappa shape index (κ2) is 15.5. The van der Waals surface area contributed by atoms with Crippen LogP contribution in [0.1, 0.15) is 0 Å². The van der Waals surface area contributed by atoms with Crippen molar-refractivity contribution in [2.75, 3.05) is 0 Å². The van der Waals surface area contributed by atoms with Gasteiger partial charge in [0, 0.05) is 27.5 Å². The van der Waals surface area contributed by atoms with Crippen LogP contribution in [0.25, 0.3) is 112 Å². The van der Waals surface area contributed by atoms with Crippen molar-refractivity contribution in [2.24, 2.45) is 0 Å². The molecule has 0 fully saturated rings. The summed E-state index contributed by atoms with van der Waals surface area (Å²) in [5, 5.41) is 1.96. The highest BCUT2D eigenvalue weighted by atomic mass is 16.3. The van der Waals surface area contributed by atoms with E-state index in [2.05, 4.69) is 176 Å².